The minimum atomic E-state index is 0.620. The predicted molar refractivity (Wildman–Crippen MR) is 70.7 cm³/mol. The summed E-state index contributed by atoms with van der Waals surface area (Å²) in [6.45, 7) is 2.84. The standard InChI is InChI=1S/C13H18N4O/c1-4-10-7-12(17(2)16-10)9-14-11-5-6-13(18-3)15-8-11/h5-8,14H,4,9H2,1-3H3. The Kier molecular flexibility index (Phi) is 3.82. The molecule has 0 aliphatic rings. The number of ether oxygens (including phenoxy) is 1. The van der Waals surface area contributed by atoms with Crippen LogP contribution in [0.4, 0.5) is 5.69 Å². The van der Waals surface area contributed by atoms with Crippen LogP contribution in [0, 0.1) is 0 Å². The smallest absolute Gasteiger partial charge is 0.213 e. The molecule has 1 N–H and O–H groups in total. The Bertz CT molecular complexity index is 504. The Morgan fingerprint density at radius 1 is 1.39 bits per heavy atom. The van der Waals surface area contributed by atoms with Gasteiger partial charge in [0.2, 0.25) is 5.88 Å². The number of methoxy groups -OCH3 is 1. The Hall–Kier alpha value is -2.04. The Morgan fingerprint density at radius 2 is 2.22 bits per heavy atom. The molecule has 0 aliphatic heterocycles. The highest BCUT2D eigenvalue weighted by Crippen LogP contribution is 2.12. The molecule has 18 heavy (non-hydrogen) atoms. The molecule has 0 atom stereocenters. The quantitative estimate of drug-likeness (QED) is 0.876. The van der Waals surface area contributed by atoms with Gasteiger partial charge in [-0.2, -0.15) is 5.10 Å². The molecule has 0 saturated heterocycles. The van der Waals surface area contributed by atoms with Gasteiger partial charge in [0.05, 0.1) is 36.9 Å². The zero-order chi connectivity index (χ0) is 13.0. The van der Waals surface area contributed by atoms with Crippen molar-refractivity contribution >= 4 is 5.69 Å². The van der Waals surface area contributed by atoms with Gasteiger partial charge < -0.3 is 10.1 Å². The summed E-state index contributed by atoms with van der Waals surface area (Å²) in [4.78, 5) is 4.15. The number of nitrogens with one attached hydrogen (secondary N) is 1. The Balaban J connectivity index is 1.99. The topological polar surface area (TPSA) is 52.0 Å². The fourth-order valence-electron chi connectivity index (χ4n) is 1.71. The highest BCUT2D eigenvalue weighted by Gasteiger charge is 2.03. The summed E-state index contributed by atoms with van der Waals surface area (Å²) in [7, 11) is 3.57. The zero-order valence-electron chi connectivity index (χ0n) is 11.0. The van der Waals surface area contributed by atoms with Crippen molar-refractivity contribution in [3.05, 3.63) is 35.8 Å². The van der Waals surface area contributed by atoms with E-state index in [0.29, 0.717) is 5.88 Å². The molecule has 0 aliphatic carbocycles. The molecular weight excluding hydrogens is 228 g/mol. The first-order chi connectivity index (χ1) is 8.72. The average Bonchev–Trinajstić information content (AvgIpc) is 2.77. The molecule has 0 saturated carbocycles. The van der Waals surface area contributed by atoms with Gasteiger partial charge in [-0.3, -0.25) is 4.68 Å². The fraction of sp³-hybridized carbons (Fsp3) is 0.385. The lowest BCUT2D eigenvalue weighted by Gasteiger charge is -2.06. The molecule has 2 aromatic heterocycles. The van der Waals surface area contributed by atoms with Crippen molar-refractivity contribution in [2.75, 3.05) is 12.4 Å². The molecule has 0 aromatic carbocycles. The van der Waals surface area contributed by atoms with Gasteiger partial charge in [0.25, 0.3) is 0 Å². The van der Waals surface area contributed by atoms with Gasteiger partial charge in [-0.15, -0.1) is 0 Å². The maximum absolute atomic E-state index is 5.02. The van der Waals surface area contributed by atoms with Crippen LogP contribution in [0.15, 0.2) is 24.4 Å². The van der Waals surface area contributed by atoms with Crippen molar-refractivity contribution in [1.29, 1.82) is 0 Å². The average molecular weight is 246 g/mol. The molecule has 5 nitrogen and oxygen atoms in total. The van der Waals surface area contributed by atoms with Gasteiger partial charge in [0, 0.05) is 13.1 Å². The third kappa shape index (κ3) is 2.80. The molecule has 2 rings (SSSR count). The number of nitrogens with zero attached hydrogens (tertiary/aromatic N) is 3. The summed E-state index contributed by atoms with van der Waals surface area (Å²) in [5, 5.41) is 7.72. The van der Waals surface area contributed by atoms with Crippen LogP contribution in [0.5, 0.6) is 5.88 Å². The second-order valence-corrected chi connectivity index (χ2v) is 4.05. The van der Waals surface area contributed by atoms with E-state index in [0.717, 1.165) is 30.0 Å². The van der Waals surface area contributed by atoms with Crippen LogP contribution in [-0.2, 0) is 20.0 Å². The first-order valence-corrected chi connectivity index (χ1v) is 5.98. The normalized spacial score (nSPS) is 10.4. The maximum atomic E-state index is 5.02. The minimum absolute atomic E-state index is 0.620. The van der Waals surface area contributed by atoms with E-state index >= 15 is 0 Å². The van der Waals surface area contributed by atoms with Crippen molar-refractivity contribution in [2.45, 2.75) is 19.9 Å². The van der Waals surface area contributed by atoms with Crippen molar-refractivity contribution in [1.82, 2.24) is 14.8 Å². The molecule has 0 spiro atoms. The van der Waals surface area contributed by atoms with Gasteiger partial charge in [-0.05, 0) is 18.6 Å². The van der Waals surface area contributed by atoms with Crippen LogP contribution in [0.25, 0.3) is 0 Å². The van der Waals surface area contributed by atoms with Crippen LogP contribution in [-0.4, -0.2) is 21.9 Å². The number of aromatic nitrogens is 3. The lowest BCUT2D eigenvalue weighted by Crippen LogP contribution is -2.05. The minimum Gasteiger partial charge on any atom is -0.481 e. The summed E-state index contributed by atoms with van der Waals surface area (Å²) in [5.41, 5.74) is 3.24. The molecule has 96 valence electrons. The SMILES string of the molecule is CCc1cc(CNc2ccc(OC)nc2)n(C)n1. The van der Waals surface area contributed by atoms with Crippen LogP contribution in [0.3, 0.4) is 0 Å². The lowest BCUT2D eigenvalue weighted by molar-refractivity contribution is 0.398. The van der Waals surface area contributed by atoms with Gasteiger partial charge in [-0.25, -0.2) is 4.98 Å². The third-order valence-corrected chi connectivity index (χ3v) is 2.81. The summed E-state index contributed by atoms with van der Waals surface area (Å²) in [6, 6.07) is 5.90. The van der Waals surface area contributed by atoms with Crippen LogP contribution in [0.2, 0.25) is 0 Å². The fourth-order valence-corrected chi connectivity index (χ4v) is 1.71. The number of pyridine rings is 1. The summed E-state index contributed by atoms with van der Waals surface area (Å²) >= 11 is 0. The number of anilines is 1. The van der Waals surface area contributed by atoms with E-state index in [1.807, 2.05) is 23.9 Å². The van der Waals surface area contributed by atoms with E-state index in [4.69, 9.17) is 4.74 Å². The summed E-state index contributed by atoms with van der Waals surface area (Å²) in [5.74, 6) is 0.620. The molecule has 0 unspecified atom stereocenters. The monoisotopic (exact) mass is 246 g/mol. The van der Waals surface area contributed by atoms with Crippen molar-refractivity contribution in [3.63, 3.8) is 0 Å². The Morgan fingerprint density at radius 3 is 2.78 bits per heavy atom. The predicted octanol–water partition coefficient (Wildman–Crippen LogP) is 2.00. The molecule has 0 bridgehead atoms. The van der Waals surface area contributed by atoms with E-state index in [2.05, 4.69) is 28.4 Å². The van der Waals surface area contributed by atoms with E-state index in [9.17, 15) is 0 Å². The number of hydrogen-bond acceptors (Lipinski definition) is 4. The van der Waals surface area contributed by atoms with Crippen LogP contribution in [0.1, 0.15) is 18.3 Å². The molecule has 0 amide bonds. The first-order valence-electron chi connectivity index (χ1n) is 5.98. The summed E-state index contributed by atoms with van der Waals surface area (Å²) < 4.78 is 6.92. The van der Waals surface area contributed by atoms with Crippen LogP contribution >= 0.6 is 0 Å². The lowest BCUT2D eigenvalue weighted by atomic mass is 10.3. The zero-order valence-corrected chi connectivity index (χ0v) is 11.0. The van der Waals surface area contributed by atoms with E-state index < -0.39 is 0 Å². The van der Waals surface area contributed by atoms with E-state index in [1.165, 1.54) is 0 Å². The highest BCUT2D eigenvalue weighted by atomic mass is 16.5. The molecule has 2 heterocycles. The highest BCUT2D eigenvalue weighted by molar-refractivity contribution is 5.42. The summed E-state index contributed by atoms with van der Waals surface area (Å²) in [6.07, 6.45) is 2.72. The molecule has 5 heteroatoms. The second kappa shape index (κ2) is 5.53. The Labute approximate surface area is 107 Å². The molecule has 2 aromatic rings. The van der Waals surface area contributed by atoms with Crippen molar-refractivity contribution in [3.8, 4) is 5.88 Å². The van der Waals surface area contributed by atoms with Gasteiger partial charge in [0.15, 0.2) is 0 Å². The first kappa shape index (κ1) is 12.4. The molecular formula is C13H18N4O. The number of rotatable bonds is 5. The van der Waals surface area contributed by atoms with Gasteiger partial charge in [-0.1, -0.05) is 6.92 Å². The number of hydrogen-bond donors (Lipinski definition) is 1. The largest absolute Gasteiger partial charge is 0.481 e. The van der Waals surface area contributed by atoms with Crippen molar-refractivity contribution < 1.29 is 4.74 Å². The van der Waals surface area contributed by atoms with Crippen LogP contribution < -0.4 is 10.1 Å². The second-order valence-electron chi connectivity index (χ2n) is 4.05. The van der Waals surface area contributed by atoms with E-state index in [-0.39, 0.29) is 0 Å². The molecule has 0 fully saturated rings. The van der Waals surface area contributed by atoms with E-state index in [1.54, 1.807) is 13.3 Å². The van der Waals surface area contributed by atoms with Crippen molar-refractivity contribution in [2.24, 2.45) is 7.05 Å². The third-order valence-electron chi connectivity index (χ3n) is 2.81. The van der Waals surface area contributed by atoms with Gasteiger partial charge >= 0.3 is 0 Å². The maximum Gasteiger partial charge on any atom is 0.213 e. The van der Waals surface area contributed by atoms with Gasteiger partial charge in [0.1, 0.15) is 0 Å². The molecule has 0 radical (unpaired) electrons. The number of aryl methyl sites for hydroxylation is 2.